The van der Waals surface area contributed by atoms with Crippen LogP contribution in [-0.2, 0) is 0 Å². The monoisotopic (exact) mass is 401 g/mol. The molecule has 2 N–H and O–H groups in total. The lowest BCUT2D eigenvalue weighted by molar-refractivity contribution is 0.0946. The summed E-state index contributed by atoms with van der Waals surface area (Å²) in [4.78, 5) is 36.4. The molecule has 9 heteroatoms. The third kappa shape index (κ3) is 5.38. The van der Waals surface area contributed by atoms with E-state index in [2.05, 4.69) is 36.0 Å². The first kappa shape index (κ1) is 20.5. The molecule has 0 saturated carbocycles. The molecule has 0 aliphatic heterocycles. The molecule has 3 aromatic heterocycles. The molecule has 0 saturated heterocycles. The first-order valence-corrected chi connectivity index (χ1v) is 9.01. The van der Waals surface area contributed by atoms with E-state index >= 15 is 0 Å². The largest absolute Gasteiger partial charge is 0.271 e. The molecule has 9 nitrogen and oxygen atoms in total. The number of amides is 2. The van der Waals surface area contributed by atoms with Gasteiger partial charge >= 0.3 is 0 Å². The van der Waals surface area contributed by atoms with Gasteiger partial charge in [0.05, 0.1) is 22.8 Å². The molecule has 3 rings (SSSR count). The van der Waals surface area contributed by atoms with Gasteiger partial charge in [-0.25, -0.2) is 15.8 Å². The fraction of sp³-hybridized carbons (Fsp3) is 0.0952. The summed E-state index contributed by atoms with van der Waals surface area (Å²) in [6, 6.07) is 11.7. The van der Waals surface area contributed by atoms with E-state index in [1.54, 1.807) is 56.3 Å². The summed E-state index contributed by atoms with van der Waals surface area (Å²) in [6.07, 6.45) is 6.14. The lowest BCUT2D eigenvalue weighted by Crippen LogP contribution is -2.20. The number of hydrogen-bond acceptors (Lipinski definition) is 7. The molecule has 3 aromatic rings. The first-order valence-electron chi connectivity index (χ1n) is 9.01. The molecule has 2 amide bonds. The van der Waals surface area contributed by atoms with Crippen LogP contribution in [0.4, 0.5) is 0 Å². The van der Waals surface area contributed by atoms with Crippen molar-refractivity contribution in [2.75, 3.05) is 0 Å². The van der Waals surface area contributed by atoms with E-state index in [9.17, 15) is 9.59 Å². The van der Waals surface area contributed by atoms with Gasteiger partial charge in [-0.1, -0.05) is 6.07 Å². The van der Waals surface area contributed by atoms with Crippen molar-refractivity contribution >= 4 is 23.2 Å². The summed E-state index contributed by atoms with van der Waals surface area (Å²) in [5, 5.41) is 8.21. The van der Waals surface area contributed by atoms with Gasteiger partial charge in [0, 0.05) is 35.9 Å². The van der Waals surface area contributed by atoms with Gasteiger partial charge in [-0.3, -0.25) is 19.6 Å². The van der Waals surface area contributed by atoms with Crippen LogP contribution in [0.5, 0.6) is 0 Å². The number of aromatic nitrogens is 3. The molecule has 30 heavy (non-hydrogen) atoms. The van der Waals surface area contributed by atoms with Crippen molar-refractivity contribution in [3.05, 3.63) is 89.8 Å². The van der Waals surface area contributed by atoms with E-state index in [4.69, 9.17) is 0 Å². The van der Waals surface area contributed by atoms with E-state index in [1.807, 2.05) is 0 Å². The molecule has 0 radical (unpaired) electrons. The second-order valence-electron chi connectivity index (χ2n) is 6.16. The fourth-order valence-corrected chi connectivity index (χ4v) is 2.36. The zero-order valence-corrected chi connectivity index (χ0v) is 16.4. The average molecular weight is 401 g/mol. The highest BCUT2D eigenvalue weighted by molar-refractivity contribution is 6.02. The molecule has 0 aromatic carbocycles. The number of rotatable bonds is 6. The van der Waals surface area contributed by atoms with Crippen LogP contribution in [0.3, 0.4) is 0 Å². The van der Waals surface area contributed by atoms with Crippen molar-refractivity contribution in [3.63, 3.8) is 0 Å². The standard InChI is InChI=1S/C21H19N7O2/c1-14(25-27-20(29)16-6-10-22-11-7-16)18-4-3-5-19(24-18)15(2)26-28-21(30)17-8-12-23-13-9-17/h3-13H,1-2H3,(H,27,29)(H,28,30)/b25-14-,26-15+. The van der Waals surface area contributed by atoms with E-state index < -0.39 is 0 Å². The highest BCUT2D eigenvalue weighted by atomic mass is 16.2. The molecule has 0 aliphatic rings. The molecular weight excluding hydrogens is 382 g/mol. The Morgan fingerprint density at radius 1 is 0.700 bits per heavy atom. The second kappa shape index (κ2) is 9.78. The Morgan fingerprint density at radius 3 is 1.50 bits per heavy atom. The average Bonchev–Trinajstić information content (AvgIpc) is 2.81. The lowest BCUT2D eigenvalue weighted by atomic mass is 10.2. The number of carbonyl (C=O) groups is 2. The SMILES string of the molecule is C/C(=N/NC(=O)c1ccncc1)c1cccc(/C(C)=N/NC(=O)c2ccncc2)n1. The van der Waals surface area contributed by atoms with Crippen molar-refractivity contribution in [3.8, 4) is 0 Å². The predicted octanol–water partition coefficient (Wildman–Crippen LogP) is 2.18. The molecule has 0 bridgehead atoms. The number of hydrogen-bond donors (Lipinski definition) is 2. The summed E-state index contributed by atoms with van der Waals surface area (Å²) in [5.41, 5.74) is 8.07. The van der Waals surface area contributed by atoms with Gasteiger partial charge in [-0.15, -0.1) is 0 Å². The fourth-order valence-electron chi connectivity index (χ4n) is 2.36. The summed E-state index contributed by atoms with van der Waals surface area (Å²) in [7, 11) is 0. The Hall–Kier alpha value is -4.27. The maximum absolute atomic E-state index is 12.1. The summed E-state index contributed by atoms with van der Waals surface area (Å²) in [6.45, 7) is 3.47. The summed E-state index contributed by atoms with van der Waals surface area (Å²) < 4.78 is 0. The van der Waals surface area contributed by atoms with Crippen molar-refractivity contribution in [2.45, 2.75) is 13.8 Å². The van der Waals surface area contributed by atoms with Crippen LogP contribution in [0.2, 0.25) is 0 Å². The number of nitrogens with zero attached hydrogens (tertiary/aromatic N) is 5. The van der Waals surface area contributed by atoms with Crippen LogP contribution in [0.1, 0.15) is 46.0 Å². The van der Waals surface area contributed by atoms with Crippen molar-refractivity contribution in [1.29, 1.82) is 0 Å². The third-order valence-electron chi connectivity index (χ3n) is 4.03. The quantitative estimate of drug-likeness (QED) is 0.484. The molecular formula is C21H19N7O2. The Kier molecular flexibility index (Phi) is 6.67. The lowest BCUT2D eigenvalue weighted by Gasteiger charge is -2.06. The normalized spacial score (nSPS) is 11.7. The van der Waals surface area contributed by atoms with E-state index in [1.165, 1.54) is 24.8 Å². The third-order valence-corrected chi connectivity index (χ3v) is 4.03. The van der Waals surface area contributed by atoms with Gasteiger partial charge in [0.1, 0.15) is 0 Å². The molecule has 0 spiro atoms. The van der Waals surface area contributed by atoms with Crippen molar-refractivity contribution < 1.29 is 9.59 Å². The molecule has 3 heterocycles. The van der Waals surface area contributed by atoms with Crippen LogP contribution in [-0.4, -0.2) is 38.2 Å². The van der Waals surface area contributed by atoms with Crippen LogP contribution < -0.4 is 10.9 Å². The molecule has 0 aliphatic carbocycles. The van der Waals surface area contributed by atoms with E-state index in [-0.39, 0.29) is 11.8 Å². The maximum atomic E-state index is 12.1. The van der Waals surface area contributed by atoms with Gasteiger partial charge < -0.3 is 0 Å². The minimum atomic E-state index is -0.343. The van der Waals surface area contributed by atoms with Crippen molar-refractivity contribution in [2.24, 2.45) is 10.2 Å². The topological polar surface area (TPSA) is 122 Å². The molecule has 0 fully saturated rings. The Balaban J connectivity index is 1.68. The Bertz CT molecular complexity index is 1010. The van der Waals surface area contributed by atoms with E-state index in [0.29, 0.717) is 33.9 Å². The number of nitrogens with one attached hydrogen (secondary N) is 2. The minimum Gasteiger partial charge on any atom is -0.267 e. The van der Waals surface area contributed by atoms with Crippen LogP contribution in [0.15, 0.2) is 77.5 Å². The van der Waals surface area contributed by atoms with Gasteiger partial charge in [0.2, 0.25) is 0 Å². The Labute approximate surface area is 173 Å². The molecule has 0 atom stereocenters. The first-order chi connectivity index (χ1) is 14.5. The zero-order chi connectivity index (χ0) is 21.3. The van der Waals surface area contributed by atoms with Crippen LogP contribution >= 0.6 is 0 Å². The van der Waals surface area contributed by atoms with Gasteiger partial charge in [-0.05, 0) is 50.2 Å². The van der Waals surface area contributed by atoms with Gasteiger partial charge in [0.15, 0.2) is 0 Å². The predicted molar refractivity (Wildman–Crippen MR) is 112 cm³/mol. The minimum absolute atomic E-state index is 0.343. The summed E-state index contributed by atoms with van der Waals surface area (Å²) >= 11 is 0. The number of hydrazone groups is 2. The van der Waals surface area contributed by atoms with Crippen LogP contribution in [0.25, 0.3) is 0 Å². The number of pyridine rings is 3. The highest BCUT2D eigenvalue weighted by Gasteiger charge is 2.08. The van der Waals surface area contributed by atoms with Gasteiger partial charge in [0.25, 0.3) is 11.8 Å². The molecule has 0 unspecified atom stereocenters. The Morgan fingerprint density at radius 2 is 1.10 bits per heavy atom. The molecule has 150 valence electrons. The van der Waals surface area contributed by atoms with E-state index in [0.717, 1.165) is 0 Å². The van der Waals surface area contributed by atoms with Crippen molar-refractivity contribution in [1.82, 2.24) is 25.8 Å². The van der Waals surface area contributed by atoms with Crippen LogP contribution in [0, 0.1) is 0 Å². The zero-order valence-electron chi connectivity index (χ0n) is 16.4. The van der Waals surface area contributed by atoms with Gasteiger partial charge in [-0.2, -0.15) is 10.2 Å². The second-order valence-corrected chi connectivity index (χ2v) is 6.16. The maximum Gasteiger partial charge on any atom is 0.271 e. The highest BCUT2D eigenvalue weighted by Crippen LogP contribution is 2.04. The number of carbonyl (C=O) groups excluding carboxylic acids is 2. The smallest absolute Gasteiger partial charge is 0.267 e. The summed E-state index contributed by atoms with van der Waals surface area (Å²) in [5.74, 6) is -0.686.